The summed E-state index contributed by atoms with van der Waals surface area (Å²) in [4.78, 5) is 0. The Morgan fingerprint density at radius 1 is 1.12 bits per heavy atom. The Balaban J connectivity index is 3.14. The van der Waals surface area contributed by atoms with Crippen LogP contribution in [-0.4, -0.2) is 37.5 Å². The summed E-state index contributed by atoms with van der Waals surface area (Å²) in [5.74, 6) is 0.627. The Bertz CT molecular complexity index is 140. The first-order valence-electron chi connectivity index (χ1n) is 6.63. The number of aliphatic hydroxyl groups excluding tert-OH is 1. The first kappa shape index (κ1) is 15.9. The quantitative estimate of drug-likeness (QED) is 0.536. The van der Waals surface area contributed by atoms with Crippen molar-refractivity contribution in [3.8, 4) is 0 Å². The van der Waals surface area contributed by atoms with Gasteiger partial charge in [0.2, 0.25) is 0 Å². The molecule has 0 saturated carbocycles. The molecular weight excluding hydrogens is 202 g/mol. The third-order valence-corrected chi connectivity index (χ3v) is 2.39. The van der Waals surface area contributed by atoms with E-state index in [1.54, 1.807) is 0 Å². The smallest absolute Gasteiger partial charge is 0.0897 e. The molecule has 0 fully saturated rings. The second-order valence-electron chi connectivity index (χ2n) is 4.84. The maximum atomic E-state index is 9.58. The maximum absolute atomic E-state index is 9.58. The molecule has 0 amide bonds. The normalized spacial score (nSPS) is 13.3. The van der Waals surface area contributed by atoms with Gasteiger partial charge in [0, 0.05) is 13.2 Å². The zero-order valence-electron chi connectivity index (χ0n) is 11.2. The van der Waals surface area contributed by atoms with Crippen molar-refractivity contribution in [3.63, 3.8) is 0 Å². The number of hydrogen-bond acceptors (Lipinski definition) is 3. The summed E-state index contributed by atoms with van der Waals surface area (Å²) < 4.78 is 5.41. The van der Waals surface area contributed by atoms with E-state index >= 15 is 0 Å². The second kappa shape index (κ2) is 11.4. The molecule has 0 aromatic heterocycles. The Hall–Kier alpha value is -0.120. The van der Waals surface area contributed by atoms with E-state index in [4.69, 9.17) is 4.74 Å². The van der Waals surface area contributed by atoms with Crippen molar-refractivity contribution in [2.75, 3.05) is 26.3 Å². The highest BCUT2D eigenvalue weighted by molar-refractivity contribution is 4.59. The van der Waals surface area contributed by atoms with Crippen LogP contribution in [0.1, 0.15) is 46.5 Å². The van der Waals surface area contributed by atoms with Crippen molar-refractivity contribution < 1.29 is 9.84 Å². The van der Waals surface area contributed by atoms with E-state index in [-0.39, 0.29) is 6.10 Å². The number of aliphatic hydroxyl groups is 1. The molecule has 0 aromatic rings. The van der Waals surface area contributed by atoms with E-state index in [0.29, 0.717) is 19.1 Å². The third kappa shape index (κ3) is 12.0. The van der Waals surface area contributed by atoms with E-state index in [2.05, 4.69) is 26.1 Å². The first-order valence-corrected chi connectivity index (χ1v) is 6.63. The fraction of sp³-hybridized carbons (Fsp3) is 1.00. The van der Waals surface area contributed by atoms with E-state index in [1.165, 1.54) is 19.3 Å². The van der Waals surface area contributed by atoms with Crippen LogP contribution in [0.2, 0.25) is 0 Å². The lowest BCUT2D eigenvalue weighted by molar-refractivity contribution is 0.0352. The molecule has 0 radical (unpaired) electrons. The van der Waals surface area contributed by atoms with Gasteiger partial charge in [-0.05, 0) is 18.9 Å². The van der Waals surface area contributed by atoms with Gasteiger partial charge in [0.15, 0.2) is 0 Å². The molecule has 0 spiro atoms. The molecule has 3 heteroatoms. The van der Waals surface area contributed by atoms with E-state index < -0.39 is 0 Å². The van der Waals surface area contributed by atoms with E-state index in [0.717, 1.165) is 19.6 Å². The minimum atomic E-state index is -0.370. The van der Waals surface area contributed by atoms with Crippen molar-refractivity contribution in [2.45, 2.75) is 52.6 Å². The average Bonchev–Trinajstić information content (AvgIpc) is 2.22. The van der Waals surface area contributed by atoms with Crippen LogP contribution in [0.25, 0.3) is 0 Å². The summed E-state index contributed by atoms with van der Waals surface area (Å²) in [5, 5.41) is 12.8. The van der Waals surface area contributed by atoms with Crippen molar-refractivity contribution >= 4 is 0 Å². The molecule has 16 heavy (non-hydrogen) atoms. The summed E-state index contributed by atoms with van der Waals surface area (Å²) in [7, 11) is 0. The summed E-state index contributed by atoms with van der Waals surface area (Å²) in [6.45, 7) is 9.33. The molecule has 0 saturated heterocycles. The maximum Gasteiger partial charge on any atom is 0.0897 e. The molecular formula is C13H29NO2. The highest BCUT2D eigenvalue weighted by Crippen LogP contribution is 1.99. The molecule has 1 unspecified atom stereocenters. The highest BCUT2D eigenvalue weighted by atomic mass is 16.5. The summed E-state index contributed by atoms with van der Waals surface area (Å²) in [5.41, 5.74) is 0. The molecule has 0 aliphatic heterocycles. The van der Waals surface area contributed by atoms with Gasteiger partial charge in [-0.15, -0.1) is 0 Å². The first-order chi connectivity index (χ1) is 7.66. The SMILES string of the molecule is CCCCCCOCC(O)CNCC(C)C. The number of hydrogen-bond donors (Lipinski definition) is 2. The van der Waals surface area contributed by atoms with Crippen LogP contribution >= 0.6 is 0 Å². The second-order valence-corrected chi connectivity index (χ2v) is 4.84. The van der Waals surface area contributed by atoms with Crippen LogP contribution in [-0.2, 0) is 4.74 Å². The number of rotatable bonds is 11. The average molecular weight is 231 g/mol. The molecule has 0 aliphatic carbocycles. The lowest BCUT2D eigenvalue weighted by atomic mass is 10.2. The van der Waals surface area contributed by atoms with Gasteiger partial charge in [-0.3, -0.25) is 0 Å². The zero-order valence-corrected chi connectivity index (χ0v) is 11.2. The highest BCUT2D eigenvalue weighted by Gasteiger charge is 2.03. The van der Waals surface area contributed by atoms with Crippen LogP contribution in [0.15, 0.2) is 0 Å². The van der Waals surface area contributed by atoms with Gasteiger partial charge in [0.25, 0.3) is 0 Å². The lowest BCUT2D eigenvalue weighted by Crippen LogP contribution is -2.32. The fourth-order valence-electron chi connectivity index (χ4n) is 1.45. The molecule has 0 bridgehead atoms. The minimum Gasteiger partial charge on any atom is -0.389 e. The molecule has 0 aliphatic rings. The predicted octanol–water partition coefficient (Wildman–Crippen LogP) is 2.19. The lowest BCUT2D eigenvalue weighted by Gasteiger charge is -2.13. The number of unbranched alkanes of at least 4 members (excludes halogenated alkanes) is 3. The van der Waals surface area contributed by atoms with Gasteiger partial charge in [-0.25, -0.2) is 0 Å². The van der Waals surface area contributed by atoms with Gasteiger partial charge in [-0.2, -0.15) is 0 Å². The zero-order chi connectivity index (χ0) is 12.2. The summed E-state index contributed by atoms with van der Waals surface area (Å²) in [6.07, 6.45) is 4.51. The van der Waals surface area contributed by atoms with Crippen LogP contribution in [0.3, 0.4) is 0 Å². The fourth-order valence-corrected chi connectivity index (χ4v) is 1.45. The molecule has 0 rings (SSSR count). The number of ether oxygens (including phenoxy) is 1. The molecule has 2 N–H and O–H groups in total. The van der Waals surface area contributed by atoms with E-state index in [9.17, 15) is 5.11 Å². The topological polar surface area (TPSA) is 41.5 Å². The summed E-state index contributed by atoms with van der Waals surface area (Å²) >= 11 is 0. The molecule has 98 valence electrons. The third-order valence-electron chi connectivity index (χ3n) is 2.39. The van der Waals surface area contributed by atoms with Crippen LogP contribution in [0.5, 0.6) is 0 Å². The van der Waals surface area contributed by atoms with Crippen molar-refractivity contribution in [2.24, 2.45) is 5.92 Å². The van der Waals surface area contributed by atoms with Gasteiger partial charge in [0.05, 0.1) is 12.7 Å². The molecule has 3 nitrogen and oxygen atoms in total. The van der Waals surface area contributed by atoms with Crippen molar-refractivity contribution in [3.05, 3.63) is 0 Å². The Labute approximate surface area is 101 Å². The van der Waals surface area contributed by atoms with Gasteiger partial charge in [-0.1, -0.05) is 40.0 Å². The Morgan fingerprint density at radius 3 is 2.50 bits per heavy atom. The largest absolute Gasteiger partial charge is 0.389 e. The van der Waals surface area contributed by atoms with Gasteiger partial charge >= 0.3 is 0 Å². The van der Waals surface area contributed by atoms with Crippen LogP contribution in [0.4, 0.5) is 0 Å². The minimum absolute atomic E-state index is 0.370. The molecule has 1 atom stereocenters. The Morgan fingerprint density at radius 2 is 1.88 bits per heavy atom. The number of nitrogens with one attached hydrogen (secondary N) is 1. The monoisotopic (exact) mass is 231 g/mol. The van der Waals surface area contributed by atoms with Gasteiger partial charge in [0.1, 0.15) is 0 Å². The van der Waals surface area contributed by atoms with Crippen LogP contribution < -0.4 is 5.32 Å². The van der Waals surface area contributed by atoms with E-state index in [1.807, 2.05) is 0 Å². The Kier molecular flexibility index (Phi) is 11.3. The van der Waals surface area contributed by atoms with Crippen LogP contribution in [0, 0.1) is 5.92 Å². The van der Waals surface area contributed by atoms with Crippen molar-refractivity contribution in [1.82, 2.24) is 5.32 Å². The predicted molar refractivity (Wildman–Crippen MR) is 68.7 cm³/mol. The summed E-state index contributed by atoms with van der Waals surface area (Å²) in [6, 6.07) is 0. The van der Waals surface area contributed by atoms with Crippen molar-refractivity contribution in [1.29, 1.82) is 0 Å². The molecule has 0 aromatic carbocycles. The van der Waals surface area contributed by atoms with Gasteiger partial charge < -0.3 is 15.2 Å². The molecule has 0 heterocycles. The standard InChI is InChI=1S/C13H29NO2/c1-4-5-6-7-8-16-11-13(15)10-14-9-12(2)3/h12-15H,4-11H2,1-3H3.